The fourth-order valence-electron chi connectivity index (χ4n) is 1.45. The third-order valence-electron chi connectivity index (χ3n) is 2.64. The SMILES string of the molecule is CC(C)C(O)COCC1CCCCO1. The molecule has 0 bridgehead atoms. The Hall–Kier alpha value is -0.120. The molecule has 0 aromatic heterocycles. The normalized spacial score (nSPS) is 25.3. The molecule has 0 amide bonds. The molecule has 1 N–H and O–H groups in total. The van der Waals surface area contributed by atoms with Gasteiger partial charge in [0.15, 0.2) is 0 Å². The van der Waals surface area contributed by atoms with Crippen LogP contribution in [-0.2, 0) is 9.47 Å². The highest BCUT2D eigenvalue weighted by Crippen LogP contribution is 2.13. The summed E-state index contributed by atoms with van der Waals surface area (Å²) >= 11 is 0. The largest absolute Gasteiger partial charge is 0.390 e. The van der Waals surface area contributed by atoms with E-state index in [2.05, 4.69) is 0 Å². The Morgan fingerprint density at radius 2 is 2.21 bits per heavy atom. The van der Waals surface area contributed by atoms with E-state index >= 15 is 0 Å². The van der Waals surface area contributed by atoms with Gasteiger partial charge in [-0.3, -0.25) is 0 Å². The first-order valence-electron chi connectivity index (χ1n) is 5.57. The first-order chi connectivity index (χ1) is 6.70. The molecule has 1 saturated heterocycles. The summed E-state index contributed by atoms with van der Waals surface area (Å²) in [4.78, 5) is 0. The molecule has 0 aromatic rings. The van der Waals surface area contributed by atoms with E-state index in [0.29, 0.717) is 13.2 Å². The van der Waals surface area contributed by atoms with Gasteiger partial charge in [-0.25, -0.2) is 0 Å². The van der Waals surface area contributed by atoms with Gasteiger partial charge in [0, 0.05) is 6.61 Å². The highest BCUT2D eigenvalue weighted by molar-refractivity contribution is 4.64. The molecule has 84 valence electrons. The lowest BCUT2D eigenvalue weighted by atomic mass is 10.1. The molecule has 0 spiro atoms. The van der Waals surface area contributed by atoms with E-state index in [1.54, 1.807) is 0 Å². The molecule has 0 aromatic carbocycles. The van der Waals surface area contributed by atoms with E-state index in [1.807, 2.05) is 13.8 Å². The van der Waals surface area contributed by atoms with E-state index in [-0.39, 0.29) is 18.1 Å². The lowest BCUT2D eigenvalue weighted by Crippen LogP contribution is -2.28. The molecule has 14 heavy (non-hydrogen) atoms. The molecule has 0 aliphatic carbocycles. The lowest BCUT2D eigenvalue weighted by molar-refractivity contribution is -0.0627. The fourth-order valence-corrected chi connectivity index (χ4v) is 1.45. The van der Waals surface area contributed by atoms with Crippen molar-refractivity contribution in [2.24, 2.45) is 5.92 Å². The Labute approximate surface area is 86.4 Å². The van der Waals surface area contributed by atoms with E-state index in [9.17, 15) is 5.11 Å². The van der Waals surface area contributed by atoms with Crippen LogP contribution in [0.4, 0.5) is 0 Å². The van der Waals surface area contributed by atoms with Gasteiger partial charge in [0.2, 0.25) is 0 Å². The van der Waals surface area contributed by atoms with Crippen LogP contribution in [0.1, 0.15) is 33.1 Å². The van der Waals surface area contributed by atoms with E-state index in [4.69, 9.17) is 9.47 Å². The molecule has 1 heterocycles. The van der Waals surface area contributed by atoms with Crippen molar-refractivity contribution in [2.45, 2.75) is 45.3 Å². The second kappa shape index (κ2) is 6.38. The molecule has 3 heteroatoms. The quantitative estimate of drug-likeness (QED) is 0.735. The predicted octanol–water partition coefficient (Wildman–Crippen LogP) is 1.59. The van der Waals surface area contributed by atoms with Crippen molar-refractivity contribution in [2.75, 3.05) is 19.8 Å². The average molecular weight is 202 g/mol. The van der Waals surface area contributed by atoms with Crippen molar-refractivity contribution in [3.63, 3.8) is 0 Å². The standard InChI is InChI=1S/C11H22O3/c1-9(2)11(12)8-13-7-10-5-3-4-6-14-10/h9-12H,3-8H2,1-2H3. The summed E-state index contributed by atoms with van der Waals surface area (Å²) in [6.07, 6.45) is 3.41. The summed E-state index contributed by atoms with van der Waals surface area (Å²) in [5.41, 5.74) is 0. The third kappa shape index (κ3) is 4.40. The summed E-state index contributed by atoms with van der Waals surface area (Å²) in [7, 11) is 0. The Morgan fingerprint density at radius 3 is 2.79 bits per heavy atom. The summed E-state index contributed by atoms with van der Waals surface area (Å²) in [5, 5.41) is 9.49. The topological polar surface area (TPSA) is 38.7 Å². The maximum absolute atomic E-state index is 9.49. The molecule has 3 nitrogen and oxygen atoms in total. The summed E-state index contributed by atoms with van der Waals surface area (Å²) < 4.78 is 10.9. The number of ether oxygens (including phenoxy) is 2. The van der Waals surface area contributed by atoms with Crippen LogP contribution in [0.3, 0.4) is 0 Å². The molecule has 0 radical (unpaired) electrons. The number of rotatable bonds is 5. The van der Waals surface area contributed by atoms with Gasteiger partial charge in [-0.2, -0.15) is 0 Å². The minimum absolute atomic E-state index is 0.253. The predicted molar refractivity (Wildman–Crippen MR) is 55.3 cm³/mol. The Bertz CT molecular complexity index is 141. The molecule has 1 fully saturated rings. The number of hydrogen-bond donors (Lipinski definition) is 1. The Kier molecular flexibility index (Phi) is 5.45. The van der Waals surface area contributed by atoms with Crippen LogP contribution < -0.4 is 0 Å². The maximum Gasteiger partial charge on any atom is 0.0808 e. The molecule has 0 saturated carbocycles. The van der Waals surface area contributed by atoms with Gasteiger partial charge in [0.05, 0.1) is 25.4 Å². The van der Waals surface area contributed by atoms with Crippen LogP contribution in [-0.4, -0.2) is 37.1 Å². The zero-order chi connectivity index (χ0) is 10.4. The van der Waals surface area contributed by atoms with Crippen molar-refractivity contribution in [3.8, 4) is 0 Å². The molecule has 1 aliphatic heterocycles. The van der Waals surface area contributed by atoms with Crippen LogP contribution in [0, 0.1) is 5.92 Å². The van der Waals surface area contributed by atoms with Gasteiger partial charge in [0.1, 0.15) is 0 Å². The summed E-state index contributed by atoms with van der Waals surface area (Å²) in [5.74, 6) is 0.266. The fraction of sp³-hybridized carbons (Fsp3) is 1.00. The van der Waals surface area contributed by atoms with Crippen LogP contribution in [0.5, 0.6) is 0 Å². The summed E-state index contributed by atoms with van der Waals surface area (Å²) in [6.45, 7) is 5.90. The second-order valence-corrected chi connectivity index (χ2v) is 4.34. The Morgan fingerprint density at radius 1 is 1.43 bits per heavy atom. The van der Waals surface area contributed by atoms with Gasteiger partial charge >= 0.3 is 0 Å². The maximum atomic E-state index is 9.49. The van der Waals surface area contributed by atoms with Crippen molar-refractivity contribution in [1.82, 2.24) is 0 Å². The van der Waals surface area contributed by atoms with E-state index in [0.717, 1.165) is 13.0 Å². The third-order valence-corrected chi connectivity index (χ3v) is 2.64. The van der Waals surface area contributed by atoms with Crippen LogP contribution in [0.2, 0.25) is 0 Å². The number of aliphatic hydroxyl groups excluding tert-OH is 1. The molecular formula is C11H22O3. The molecule has 1 rings (SSSR count). The number of hydrogen-bond acceptors (Lipinski definition) is 3. The van der Waals surface area contributed by atoms with Gasteiger partial charge in [-0.1, -0.05) is 13.8 Å². The van der Waals surface area contributed by atoms with Crippen molar-refractivity contribution >= 4 is 0 Å². The second-order valence-electron chi connectivity index (χ2n) is 4.34. The molecule has 2 atom stereocenters. The first kappa shape index (κ1) is 12.0. The van der Waals surface area contributed by atoms with E-state index in [1.165, 1.54) is 12.8 Å². The van der Waals surface area contributed by atoms with Crippen molar-refractivity contribution in [3.05, 3.63) is 0 Å². The van der Waals surface area contributed by atoms with Crippen molar-refractivity contribution < 1.29 is 14.6 Å². The van der Waals surface area contributed by atoms with Gasteiger partial charge in [-0.05, 0) is 25.2 Å². The lowest BCUT2D eigenvalue weighted by Gasteiger charge is -2.23. The van der Waals surface area contributed by atoms with E-state index < -0.39 is 0 Å². The van der Waals surface area contributed by atoms with Crippen LogP contribution in [0.25, 0.3) is 0 Å². The minimum Gasteiger partial charge on any atom is -0.390 e. The smallest absolute Gasteiger partial charge is 0.0808 e. The molecule has 1 aliphatic rings. The molecule has 2 unspecified atom stereocenters. The zero-order valence-electron chi connectivity index (χ0n) is 9.24. The van der Waals surface area contributed by atoms with Gasteiger partial charge in [-0.15, -0.1) is 0 Å². The minimum atomic E-state index is -0.349. The zero-order valence-corrected chi connectivity index (χ0v) is 9.24. The first-order valence-corrected chi connectivity index (χ1v) is 5.57. The van der Waals surface area contributed by atoms with Crippen LogP contribution >= 0.6 is 0 Å². The average Bonchev–Trinajstić information content (AvgIpc) is 2.19. The monoisotopic (exact) mass is 202 g/mol. The highest BCUT2D eigenvalue weighted by atomic mass is 16.5. The van der Waals surface area contributed by atoms with Crippen LogP contribution in [0.15, 0.2) is 0 Å². The Balaban J connectivity index is 2.02. The van der Waals surface area contributed by atoms with Gasteiger partial charge in [0.25, 0.3) is 0 Å². The van der Waals surface area contributed by atoms with Gasteiger partial charge < -0.3 is 14.6 Å². The van der Waals surface area contributed by atoms with Crippen molar-refractivity contribution in [1.29, 1.82) is 0 Å². The number of aliphatic hydroxyl groups is 1. The molecular weight excluding hydrogens is 180 g/mol. The summed E-state index contributed by atoms with van der Waals surface area (Å²) in [6, 6.07) is 0. The highest BCUT2D eigenvalue weighted by Gasteiger charge is 2.15.